The maximum atomic E-state index is 14.1. The highest BCUT2D eigenvalue weighted by Gasteiger charge is 2.30. The molecule has 0 fully saturated rings. The van der Waals surface area contributed by atoms with Gasteiger partial charge in [-0.3, -0.25) is 0 Å². The van der Waals surface area contributed by atoms with Crippen LogP contribution in [0.15, 0.2) is 47.5 Å². The smallest absolute Gasteiger partial charge is 0.406 e. The number of likely N-dealkylation sites (N-methyl/N-ethyl adjacent to an activating group) is 1. The van der Waals surface area contributed by atoms with Crippen molar-refractivity contribution >= 4 is 29.9 Å². The van der Waals surface area contributed by atoms with E-state index in [2.05, 4.69) is 15.0 Å². The molecule has 0 aromatic heterocycles. The Hall–Kier alpha value is -2.15. The summed E-state index contributed by atoms with van der Waals surface area (Å²) in [5, 5.41) is 2.81. The molecular formula is C19H22F5IN4O. The summed E-state index contributed by atoms with van der Waals surface area (Å²) in [6, 6.07) is 8.20. The number of benzene rings is 2. The highest BCUT2D eigenvalue weighted by Crippen LogP contribution is 2.24. The van der Waals surface area contributed by atoms with Crippen molar-refractivity contribution in [3.63, 3.8) is 0 Å². The maximum Gasteiger partial charge on any atom is 0.573 e. The first kappa shape index (κ1) is 25.9. The average molecular weight is 544 g/mol. The third kappa shape index (κ3) is 7.94. The average Bonchev–Trinajstić information content (AvgIpc) is 2.62. The van der Waals surface area contributed by atoms with E-state index in [4.69, 9.17) is 5.73 Å². The van der Waals surface area contributed by atoms with Crippen molar-refractivity contribution in [3.8, 4) is 5.75 Å². The molecule has 2 aromatic carbocycles. The van der Waals surface area contributed by atoms with Crippen molar-refractivity contribution in [2.45, 2.75) is 18.9 Å². The number of alkyl halides is 3. The maximum absolute atomic E-state index is 14.1. The molecule has 2 rings (SSSR count). The molecule has 166 valence electrons. The third-order valence-electron chi connectivity index (χ3n) is 4.02. The van der Waals surface area contributed by atoms with E-state index in [1.807, 2.05) is 0 Å². The van der Waals surface area contributed by atoms with Crippen LogP contribution in [0.1, 0.15) is 17.2 Å². The second kappa shape index (κ2) is 11.3. The van der Waals surface area contributed by atoms with Gasteiger partial charge in [0.15, 0.2) is 5.96 Å². The second-order valence-electron chi connectivity index (χ2n) is 6.39. The van der Waals surface area contributed by atoms with Gasteiger partial charge in [0.25, 0.3) is 0 Å². The van der Waals surface area contributed by atoms with Crippen molar-refractivity contribution < 1.29 is 26.7 Å². The lowest BCUT2D eigenvalue weighted by molar-refractivity contribution is -0.274. The molecule has 0 radical (unpaired) electrons. The quantitative estimate of drug-likeness (QED) is 0.238. The van der Waals surface area contributed by atoms with Crippen LogP contribution in [-0.4, -0.2) is 37.9 Å². The summed E-state index contributed by atoms with van der Waals surface area (Å²) < 4.78 is 68.4. The van der Waals surface area contributed by atoms with Crippen LogP contribution in [0.2, 0.25) is 0 Å². The first-order valence-electron chi connectivity index (χ1n) is 8.55. The summed E-state index contributed by atoms with van der Waals surface area (Å²) in [5.74, 6) is -1.63. The van der Waals surface area contributed by atoms with Crippen molar-refractivity contribution in [1.82, 2.24) is 10.2 Å². The van der Waals surface area contributed by atoms with E-state index in [9.17, 15) is 22.0 Å². The van der Waals surface area contributed by atoms with Gasteiger partial charge in [0.05, 0.1) is 12.6 Å². The fourth-order valence-electron chi connectivity index (χ4n) is 2.60. The molecule has 0 heterocycles. The second-order valence-corrected chi connectivity index (χ2v) is 6.39. The molecule has 0 aliphatic heterocycles. The molecule has 0 aliphatic rings. The Bertz CT molecular complexity index is 824. The summed E-state index contributed by atoms with van der Waals surface area (Å²) in [6.45, 7) is 0.199. The first-order chi connectivity index (χ1) is 13.6. The highest BCUT2D eigenvalue weighted by molar-refractivity contribution is 14.0. The van der Waals surface area contributed by atoms with E-state index < -0.39 is 24.0 Å². The minimum atomic E-state index is -4.76. The molecule has 3 N–H and O–H groups in total. The SMILES string of the molecule is CN(C)C(CNC(N)=NCc1ccc(OC(F)(F)F)cc1)c1c(F)cccc1F.I. The van der Waals surface area contributed by atoms with Crippen LogP contribution in [-0.2, 0) is 6.54 Å². The van der Waals surface area contributed by atoms with Gasteiger partial charge in [0.2, 0.25) is 0 Å². The number of halogens is 6. The summed E-state index contributed by atoms with van der Waals surface area (Å²) in [5.41, 5.74) is 6.32. The molecule has 5 nitrogen and oxygen atoms in total. The summed E-state index contributed by atoms with van der Waals surface area (Å²) in [4.78, 5) is 5.72. The van der Waals surface area contributed by atoms with Gasteiger partial charge in [-0.2, -0.15) is 0 Å². The molecule has 0 aliphatic carbocycles. The van der Waals surface area contributed by atoms with E-state index in [1.165, 1.54) is 42.5 Å². The lowest BCUT2D eigenvalue weighted by atomic mass is 10.0. The molecule has 0 amide bonds. The molecule has 0 saturated carbocycles. The Morgan fingerprint density at radius 1 is 1.10 bits per heavy atom. The van der Waals surface area contributed by atoms with Gasteiger partial charge < -0.3 is 20.7 Å². The highest BCUT2D eigenvalue weighted by atomic mass is 127. The Morgan fingerprint density at radius 3 is 2.17 bits per heavy atom. The molecule has 0 saturated heterocycles. The van der Waals surface area contributed by atoms with Crippen molar-refractivity contribution in [2.75, 3.05) is 20.6 Å². The predicted octanol–water partition coefficient (Wildman–Crippen LogP) is 4.19. The van der Waals surface area contributed by atoms with Gasteiger partial charge in [-0.05, 0) is 43.9 Å². The van der Waals surface area contributed by atoms with E-state index >= 15 is 0 Å². The van der Waals surface area contributed by atoms with Gasteiger partial charge >= 0.3 is 6.36 Å². The standard InChI is InChI=1S/C19H21F5N4O.HI/c1-28(2)16(17-14(20)4-3-5-15(17)21)11-27-18(25)26-10-12-6-8-13(9-7-12)29-19(22,23)24;/h3-9,16H,10-11H2,1-2H3,(H3,25,26,27);1H. The molecule has 1 atom stereocenters. The number of nitrogens with two attached hydrogens (primary N) is 1. The number of aliphatic imine (C=N–C) groups is 1. The number of nitrogens with zero attached hydrogens (tertiary/aromatic N) is 2. The molecule has 1 unspecified atom stereocenters. The Balaban J connectivity index is 0.00000450. The van der Waals surface area contributed by atoms with Gasteiger partial charge in [0, 0.05) is 12.1 Å². The lowest BCUT2D eigenvalue weighted by Gasteiger charge is -2.26. The van der Waals surface area contributed by atoms with Crippen LogP contribution in [0.5, 0.6) is 5.75 Å². The Kier molecular flexibility index (Phi) is 9.75. The largest absolute Gasteiger partial charge is 0.573 e. The fourth-order valence-corrected chi connectivity index (χ4v) is 2.60. The summed E-state index contributed by atoms with van der Waals surface area (Å²) in [7, 11) is 3.35. The number of rotatable bonds is 7. The van der Waals surface area contributed by atoms with Gasteiger partial charge in [-0.15, -0.1) is 37.1 Å². The number of hydrogen-bond donors (Lipinski definition) is 2. The van der Waals surface area contributed by atoms with Gasteiger partial charge in [-0.25, -0.2) is 13.8 Å². The van der Waals surface area contributed by atoms with Gasteiger partial charge in [-0.1, -0.05) is 18.2 Å². The van der Waals surface area contributed by atoms with E-state index in [0.717, 1.165) is 0 Å². The summed E-state index contributed by atoms with van der Waals surface area (Å²) in [6.07, 6.45) is -4.76. The normalized spacial score (nSPS) is 13.0. The number of hydrogen-bond acceptors (Lipinski definition) is 3. The van der Waals surface area contributed by atoms with Crippen LogP contribution in [0.25, 0.3) is 0 Å². The fraction of sp³-hybridized carbons (Fsp3) is 0.316. The number of ether oxygens (including phenoxy) is 1. The first-order valence-corrected chi connectivity index (χ1v) is 8.55. The topological polar surface area (TPSA) is 62.9 Å². The minimum Gasteiger partial charge on any atom is -0.406 e. The number of guanidine groups is 1. The Morgan fingerprint density at radius 2 is 1.67 bits per heavy atom. The summed E-state index contributed by atoms with van der Waals surface area (Å²) >= 11 is 0. The van der Waals surface area contributed by atoms with Crippen LogP contribution >= 0.6 is 24.0 Å². The van der Waals surface area contributed by atoms with Crippen molar-refractivity contribution in [1.29, 1.82) is 0 Å². The van der Waals surface area contributed by atoms with E-state index in [-0.39, 0.29) is 54.3 Å². The zero-order chi connectivity index (χ0) is 21.6. The minimum absolute atomic E-state index is 0. The van der Waals surface area contributed by atoms with Crippen LogP contribution < -0.4 is 15.8 Å². The van der Waals surface area contributed by atoms with E-state index in [1.54, 1.807) is 19.0 Å². The Labute approximate surface area is 188 Å². The van der Waals surface area contributed by atoms with Crippen molar-refractivity contribution in [3.05, 3.63) is 65.2 Å². The molecule has 0 spiro atoms. The molecule has 2 aromatic rings. The van der Waals surface area contributed by atoms with Gasteiger partial charge in [0.1, 0.15) is 17.4 Å². The van der Waals surface area contributed by atoms with Crippen LogP contribution in [0.3, 0.4) is 0 Å². The monoisotopic (exact) mass is 544 g/mol. The van der Waals surface area contributed by atoms with E-state index in [0.29, 0.717) is 5.56 Å². The molecule has 11 heteroatoms. The molecular weight excluding hydrogens is 522 g/mol. The molecule has 0 bridgehead atoms. The third-order valence-corrected chi connectivity index (χ3v) is 4.02. The van der Waals surface area contributed by atoms with Crippen LogP contribution in [0.4, 0.5) is 22.0 Å². The zero-order valence-corrected chi connectivity index (χ0v) is 18.5. The molecule has 30 heavy (non-hydrogen) atoms. The van der Waals surface area contributed by atoms with Crippen LogP contribution in [0, 0.1) is 11.6 Å². The predicted molar refractivity (Wildman–Crippen MR) is 115 cm³/mol. The van der Waals surface area contributed by atoms with Crippen molar-refractivity contribution in [2.24, 2.45) is 10.7 Å². The number of nitrogens with one attached hydrogen (secondary N) is 1. The zero-order valence-electron chi connectivity index (χ0n) is 16.2. The lowest BCUT2D eigenvalue weighted by Crippen LogP contribution is -2.39.